The fourth-order valence-electron chi connectivity index (χ4n) is 3.24. The minimum atomic E-state index is 0. The van der Waals surface area contributed by atoms with Gasteiger partial charge in [-0.05, 0) is 45.4 Å². The molecule has 0 amide bonds. The third kappa shape index (κ3) is 9.56. The predicted molar refractivity (Wildman–Crippen MR) is 143 cm³/mol. The number of nitrogens with one attached hydrogen (secondary N) is 1. The zero-order valence-electron chi connectivity index (χ0n) is 20.4. The van der Waals surface area contributed by atoms with E-state index in [0.717, 1.165) is 44.1 Å². The van der Waals surface area contributed by atoms with E-state index in [0.29, 0.717) is 6.04 Å². The summed E-state index contributed by atoms with van der Waals surface area (Å²) in [5.41, 5.74) is 3.35. The number of piperidine rings is 1. The Morgan fingerprint density at radius 3 is 2.23 bits per heavy atom. The van der Waals surface area contributed by atoms with Crippen LogP contribution in [0, 0.1) is 6.92 Å². The summed E-state index contributed by atoms with van der Waals surface area (Å²) in [6.45, 7) is 22.7. The lowest BCUT2D eigenvalue weighted by Crippen LogP contribution is -2.42. The molecule has 0 radical (unpaired) electrons. The molecule has 31 heavy (non-hydrogen) atoms. The molecule has 1 fully saturated rings. The van der Waals surface area contributed by atoms with Crippen LogP contribution in [-0.4, -0.2) is 35.7 Å². The summed E-state index contributed by atoms with van der Waals surface area (Å²) in [5, 5.41) is 3.39. The first-order valence-corrected chi connectivity index (χ1v) is 11.4. The van der Waals surface area contributed by atoms with Crippen molar-refractivity contribution in [3.8, 4) is 0 Å². The molecule has 1 aliphatic rings. The number of nitrogens with zero attached hydrogens (tertiary/aromatic N) is 3. The molecule has 4 heteroatoms. The summed E-state index contributed by atoms with van der Waals surface area (Å²) in [7, 11) is 2.05. The summed E-state index contributed by atoms with van der Waals surface area (Å²) in [6, 6.07) is 0.606. The maximum absolute atomic E-state index is 4.94. The second kappa shape index (κ2) is 18.4. The molecule has 2 rings (SSSR count). The van der Waals surface area contributed by atoms with Gasteiger partial charge >= 0.3 is 0 Å². The third-order valence-electron chi connectivity index (χ3n) is 4.92. The van der Waals surface area contributed by atoms with Gasteiger partial charge < -0.3 is 14.8 Å². The monoisotopic (exact) mass is 428 g/mol. The topological polar surface area (TPSA) is 33.1 Å². The summed E-state index contributed by atoms with van der Waals surface area (Å²) in [6.07, 6.45) is 16.2. The van der Waals surface area contributed by atoms with Crippen LogP contribution in [0.3, 0.4) is 0 Å². The van der Waals surface area contributed by atoms with Crippen molar-refractivity contribution in [3.05, 3.63) is 66.6 Å². The smallest absolute Gasteiger partial charge is 0.206 e. The summed E-state index contributed by atoms with van der Waals surface area (Å²) >= 11 is 0. The first-order chi connectivity index (χ1) is 14.6. The van der Waals surface area contributed by atoms with E-state index in [1.54, 1.807) is 6.08 Å². The van der Waals surface area contributed by atoms with E-state index in [1.807, 2.05) is 66.0 Å². The zero-order chi connectivity index (χ0) is 22.9. The number of hydrogen-bond acceptors (Lipinski definition) is 3. The van der Waals surface area contributed by atoms with Gasteiger partial charge in [0.1, 0.15) is 0 Å². The van der Waals surface area contributed by atoms with E-state index in [1.165, 1.54) is 11.3 Å². The van der Waals surface area contributed by atoms with E-state index >= 15 is 0 Å². The van der Waals surface area contributed by atoms with E-state index in [-0.39, 0.29) is 7.43 Å². The highest BCUT2D eigenvalue weighted by molar-refractivity contribution is 5.54. The molecule has 0 unspecified atom stereocenters. The van der Waals surface area contributed by atoms with Crippen LogP contribution in [-0.2, 0) is 6.54 Å². The minimum absolute atomic E-state index is 0. The molecule has 0 atom stereocenters. The number of anilines is 1. The quantitative estimate of drug-likeness (QED) is 0.454. The Balaban J connectivity index is 0. The van der Waals surface area contributed by atoms with Gasteiger partial charge in [-0.15, -0.1) is 0 Å². The molecule has 2 heterocycles. The van der Waals surface area contributed by atoms with Gasteiger partial charge in [0.05, 0.1) is 12.2 Å². The first-order valence-electron chi connectivity index (χ1n) is 11.4. The van der Waals surface area contributed by atoms with Crippen molar-refractivity contribution in [3.63, 3.8) is 0 Å². The second-order valence-corrected chi connectivity index (χ2v) is 6.58. The molecule has 0 spiro atoms. The van der Waals surface area contributed by atoms with Crippen LogP contribution in [0.5, 0.6) is 0 Å². The number of allylic oxidation sites excluding steroid dienone is 7. The van der Waals surface area contributed by atoms with Gasteiger partial charge in [-0.3, -0.25) is 0 Å². The standard InChI is InChI=1S/C22H32N4.2C2H6.CH4/c1-6-9-11-19(8-3)17-26-18(4)21(12-10-7-2)24-22(26)25-15-13-20(23-5)14-16-25;2*1-2;/h6-12,20,23H,2-3,13-17H2,1,4-5H3;2*1-2H3;1H4/b9-6-,12-10-,19-11+;;;. The molecule has 0 bridgehead atoms. The van der Waals surface area contributed by atoms with Crippen molar-refractivity contribution in [1.29, 1.82) is 0 Å². The SMILES string of the molecule is C.C=C/C=C\c1nc(N2CCC(NC)CC2)n(C/C(C=C)=C/C=C\C)c1C.CC.CC. The van der Waals surface area contributed by atoms with Crippen LogP contribution < -0.4 is 10.2 Å². The molecule has 0 saturated carbocycles. The van der Waals surface area contributed by atoms with Gasteiger partial charge in [-0.25, -0.2) is 4.98 Å². The van der Waals surface area contributed by atoms with Gasteiger partial charge in [0.2, 0.25) is 5.95 Å². The Morgan fingerprint density at radius 2 is 1.74 bits per heavy atom. The van der Waals surface area contributed by atoms with Crippen LogP contribution in [0.25, 0.3) is 6.08 Å². The maximum Gasteiger partial charge on any atom is 0.206 e. The number of aromatic nitrogens is 2. The molecular weight excluding hydrogens is 380 g/mol. The molecule has 1 aromatic rings. The van der Waals surface area contributed by atoms with Gasteiger partial charge in [-0.1, -0.05) is 84.7 Å². The molecule has 1 aliphatic heterocycles. The van der Waals surface area contributed by atoms with Crippen LogP contribution in [0.2, 0.25) is 0 Å². The van der Waals surface area contributed by atoms with Crippen LogP contribution in [0.1, 0.15) is 66.3 Å². The van der Waals surface area contributed by atoms with Crippen molar-refractivity contribution < 1.29 is 0 Å². The summed E-state index contributed by atoms with van der Waals surface area (Å²) in [5.74, 6) is 1.05. The highest BCUT2D eigenvalue weighted by Gasteiger charge is 2.23. The van der Waals surface area contributed by atoms with Crippen molar-refractivity contribution in [1.82, 2.24) is 14.9 Å². The van der Waals surface area contributed by atoms with E-state index in [4.69, 9.17) is 4.98 Å². The molecule has 0 aromatic carbocycles. The average Bonchev–Trinajstić information content (AvgIpc) is 3.12. The zero-order valence-corrected chi connectivity index (χ0v) is 20.4. The molecule has 1 N–H and O–H groups in total. The fraction of sp³-hybridized carbons (Fsp3) is 0.519. The fourth-order valence-corrected chi connectivity index (χ4v) is 3.24. The van der Waals surface area contributed by atoms with Gasteiger partial charge in [0.15, 0.2) is 0 Å². The Kier molecular flexibility index (Phi) is 18.4. The lowest BCUT2D eigenvalue weighted by atomic mass is 10.1. The minimum Gasteiger partial charge on any atom is -0.342 e. The Morgan fingerprint density at radius 1 is 1.13 bits per heavy atom. The molecule has 4 nitrogen and oxygen atoms in total. The number of hydrogen-bond donors (Lipinski definition) is 1. The Bertz CT molecular complexity index is 699. The largest absolute Gasteiger partial charge is 0.342 e. The normalized spacial score (nSPS) is 14.4. The molecule has 0 aliphatic carbocycles. The van der Waals surface area contributed by atoms with Crippen LogP contribution in [0.4, 0.5) is 5.95 Å². The number of rotatable bonds is 8. The van der Waals surface area contributed by atoms with E-state index in [9.17, 15) is 0 Å². The highest BCUT2D eigenvalue weighted by atomic mass is 15.3. The lowest BCUT2D eigenvalue weighted by Gasteiger charge is -2.33. The summed E-state index contributed by atoms with van der Waals surface area (Å²) in [4.78, 5) is 7.35. The number of imidazole rings is 1. The molecule has 176 valence electrons. The van der Waals surface area contributed by atoms with Gasteiger partial charge in [-0.2, -0.15) is 0 Å². The third-order valence-corrected chi connectivity index (χ3v) is 4.92. The van der Waals surface area contributed by atoms with Crippen molar-refractivity contribution >= 4 is 12.0 Å². The van der Waals surface area contributed by atoms with Crippen molar-refractivity contribution in [2.75, 3.05) is 25.0 Å². The van der Waals surface area contributed by atoms with Gasteiger partial charge in [0.25, 0.3) is 0 Å². The second-order valence-electron chi connectivity index (χ2n) is 6.58. The van der Waals surface area contributed by atoms with Crippen LogP contribution >= 0.6 is 0 Å². The average molecular weight is 429 g/mol. The lowest BCUT2D eigenvalue weighted by molar-refractivity contribution is 0.436. The summed E-state index contributed by atoms with van der Waals surface area (Å²) < 4.78 is 2.31. The highest BCUT2D eigenvalue weighted by Crippen LogP contribution is 2.25. The Labute approximate surface area is 193 Å². The molecular formula is C27H48N4. The van der Waals surface area contributed by atoms with Crippen molar-refractivity contribution in [2.24, 2.45) is 0 Å². The van der Waals surface area contributed by atoms with Gasteiger partial charge in [0, 0.05) is 24.8 Å². The maximum atomic E-state index is 4.94. The van der Waals surface area contributed by atoms with Crippen LogP contribution in [0.15, 0.2) is 55.2 Å². The first kappa shape index (κ1) is 30.9. The van der Waals surface area contributed by atoms with E-state index in [2.05, 4.69) is 47.0 Å². The Hall–Kier alpha value is -2.33. The molecule has 1 aromatic heterocycles. The van der Waals surface area contributed by atoms with E-state index < -0.39 is 0 Å². The molecule has 1 saturated heterocycles. The van der Waals surface area contributed by atoms with Crippen molar-refractivity contribution in [2.45, 2.75) is 74.4 Å². The predicted octanol–water partition coefficient (Wildman–Crippen LogP) is 6.96.